The van der Waals surface area contributed by atoms with Crippen LogP contribution in [-0.2, 0) is 16.1 Å². The van der Waals surface area contributed by atoms with Crippen LogP contribution in [0.25, 0.3) is 11.3 Å². The lowest BCUT2D eigenvalue weighted by molar-refractivity contribution is -0.152. The SMILES string of the molecule is CC(Oc1cccc(-c2csc(N)n2)c1)C(=O)OCc1ccccc1. The van der Waals surface area contributed by atoms with Gasteiger partial charge in [0.2, 0.25) is 0 Å². The topological polar surface area (TPSA) is 74.4 Å². The highest BCUT2D eigenvalue weighted by molar-refractivity contribution is 7.13. The van der Waals surface area contributed by atoms with Crippen LogP contribution in [0.5, 0.6) is 5.75 Å². The predicted octanol–water partition coefficient (Wildman–Crippen LogP) is 3.90. The number of esters is 1. The van der Waals surface area contributed by atoms with Crippen LogP contribution < -0.4 is 10.5 Å². The third-order valence-corrected chi connectivity index (χ3v) is 4.19. The zero-order valence-corrected chi connectivity index (χ0v) is 14.5. The minimum atomic E-state index is -0.709. The van der Waals surface area contributed by atoms with Gasteiger partial charge in [-0.25, -0.2) is 9.78 Å². The summed E-state index contributed by atoms with van der Waals surface area (Å²) < 4.78 is 11.0. The van der Waals surface area contributed by atoms with Crippen LogP contribution >= 0.6 is 11.3 Å². The van der Waals surface area contributed by atoms with Gasteiger partial charge in [0.1, 0.15) is 12.4 Å². The molecule has 0 fully saturated rings. The minimum absolute atomic E-state index is 0.228. The Morgan fingerprint density at radius 3 is 2.72 bits per heavy atom. The largest absolute Gasteiger partial charge is 0.479 e. The van der Waals surface area contributed by atoms with Crippen molar-refractivity contribution in [2.24, 2.45) is 0 Å². The maximum absolute atomic E-state index is 12.1. The van der Waals surface area contributed by atoms with Gasteiger partial charge in [-0.2, -0.15) is 0 Å². The molecule has 2 N–H and O–H groups in total. The standard InChI is InChI=1S/C19H18N2O3S/c1-13(18(22)23-11-14-6-3-2-4-7-14)24-16-9-5-8-15(10-16)17-12-25-19(20)21-17/h2-10,12-13H,11H2,1H3,(H2,20,21). The molecule has 1 atom stereocenters. The molecule has 0 bridgehead atoms. The highest BCUT2D eigenvalue weighted by atomic mass is 32.1. The summed E-state index contributed by atoms with van der Waals surface area (Å²) >= 11 is 1.38. The second-order valence-corrected chi connectivity index (χ2v) is 6.34. The van der Waals surface area contributed by atoms with Crippen molar-refractivity contribution in [2.75, 3.05) is 5.73 Å². The number of anilines is 1. The molecule has 0 saturated heterocycles. The Morgan fingerprint density at radius 2 is 2.00 bits per heavy atom. The number of carbonyl (C=O) groups is 1. The van der Waals surface area contributed by atoms with Crippen LogP contribution in [0.1, 0.15) is 12.5 Å². The highest BCUT2D eigenvalue weighted by Crippen LogP contribution is 2.26. The number of thiazole rings is 1. The molecule has 1 heterocycles. The number of ether oxygens (including phenoxy) is 2. The summed E-state index contributed by atoms with van der Waals surface area (Å²) in [7, 11) is 0. The molecule has 0 aliphatic rings. The molecule has 5 nitrogen and oxygen atoms in total. The molecule has 1 unspecified atom stereocenters. The monoisotopic (exact) mass is 354 g/mol. The fraction of sp³-hybridized carbons (Fsp3) is 0.158. The van der Waals surface area contributed by atoms with Crippen molar-refractivity contribution >= 4 is 22.4 Å². The number of aromatic nitrogens is 1. The van der Waals surface area contributed by atoms with Gasteiger partial charge in [0.15, 0.2) is 11.2 Å². The summed E-state index contributed by atoms with van der Waals surface area (Å²) in [5.41, 5.74) is 8.28. The van der Waals surface area contributed by atoms with E-state index in [0.29, 0.717) is 10.9 Å². The van der Waals surface area contributed by atoms with Crippen LogP contribution in [0.4, 0.5) is 5.13 Å². The van der Waals surface area contributed by atoms with E-state index in [0.717, 1.165) is 16.8 Å². The maximum atomic E-state index is 12.1. The molecule has 3 rings (SSSR count). The van der Waals surface area contributed by atoms with Gasteiger partial charge in [0.25, 0.3) is 0 Å². The lowest BCUT2D eigenvalue weighted by Gasteiger charge is -2.14. The Hall–Kier alpha value is -2.86. The Balaban J connectivity index is 1.60. The molecule has 3 aromatic rings. The molecule has 128 valence electrons. The van der Waals surface area contributed by atoms with Gasteiger partial charge in [0.05, 0.1) is 5.69 Å². The predicted molar refractivity (Wildman–Crippen MR) is 98.3 cm³/mol. The Labute approximate surface area is 150 Å². The van der Waals surface area contributed by atoms with Crippen molar-refractivity contribution in [3.8, 4) is 17.0 Å². The summed E-state index contributed by atoms with van der Waals surface area (Å²) in [5.74, 6) is 0.167. The zero-order chi connectivity index (χ0) is 17.6. The van der Waals surface area contributed by atoms with Crippen molar-refractivity contribution < 1.29 is 14.3 Å². The number of hydrogen-bond acceptors (Lipinski definition) is 6. The quantitative estimate of drug-likeness (QED) is 0.680. The second kappa shape index (κ2) is 7.81. The van der Waals surface area contributed by atoms with Crippen molar-refractivity contribution in [3.05, 3.63) is 65.5 Å². The van der Waals surface area contributed by atoms with Crippen LogP contribution in [0, 0.1) is 0 Å². The van der Waals surface area contributed by atoms with Gasteiger partial charge in [-0.1, -0.05) is 42.5 Å². The second-order valence-electron chi connectivity index (χ2n) is 5.45. The minimum Gasteiger partial charge on any atom is -0.479 e. The van der Waals surface area contributed by atoms with Gasteiger partial charge >= 0.3 is 5.97 Å². The first-order chi connectivity index (χ1) is 12.1. The van der Waals surface area contributed by atoms with Crippen LogP contribution in [-0.4, -0.2) is 17.1 Å². The lowest BCUT2D eigenvalue weighted by atomic mass is 10.1. The van der Waals surface area contributed by atoms with Gasteiger partial charge in [-0.05, 0) is 24.6 Å². The van der Waals surface area contributed by atoms with E-state index in [1.54, 1.807) is 13.0 Å². The number of rotatable bonds is 6. The van der Waals surface area contributed by atoms with E-state index >= 15 is 0 Å². The highest BCUT2D eigenvalue weighted by Gasteiger charge is 2.17. The molecule has 0 aliphatic heterocycles. The average Bonchev–Trinajstić information content (AvgIpc) is 3.07. The summed E-state index contributed by atoms with van der Waals surface area (Å²) in [5, 5.41) is 2.39. The van der Waals surface area contributed by atoms with Gasteiger partial charge < -0.3 is 15.2 Å². The molecule has 0 saturated carbocycles. The molecule has 6 heteroatoms. The molecule has 1 aromatic heterocycles. The molecule has 2 aromatic carbocycles. The van der Waals surface area contributed by atoms with Crippen molar-refractivity contribution in [2.45, 2.75) is 19.6 Å². The average molecular weight is 354 g/mol. The first-order valence-electron chi connectivity index (χ1n) is 7.80. The van der Waals surface area contributed by atoms with Crippen LogP contribution in [0.15, 0.2) is 60.0 Å². The van der Waals surface area contributed by atoms with Crippen molar-refractivity contribution in [1.82, 2.24) is 4.98 Å². The summed E-state index contributed by atoms with van der Waals surface area (Å²) in [6.45, 7) is 1.90. The van der Waals surface area contributed by atoms with E-state index in [1.165, 1.54) is 11.3 Å². The van der Waals surface area contributed by atoms with E-state index in [2.05, 4.69) is 4.98 Å². The van der Waals surface area contributed by atoms with E-state index in [4.69, 9.17) is 15.2 Å². The van der Waals surface area contributed by atoms with Gasteiger partial charge in [-0.3, -0.25) is 0 Å². The van der Waals surface area contributed by atoms with Gasteiger partial charge in [0, 0.05) is 10.9 Å². The molecule has 0 radical (unpaired) electrons. The van der Waals surface area contributed by atoms with E-state index in [1.807, 2.05) is 53.9 Å². The molecule has 0 spiro atoms. The zero-order valence-electron chi connectivity index (χ0n) is 13.7. The number of carbonyl (C=O) groups excluding carboxylic acids is 1. The maximum Gasteiger partial charge on any atom is 0.347 e. The van der Waals surface area contributed by atoms with Crippen LogP contribution in [0.2, 0.25) is 0 Å². The molecule has 25 heavy (non-hydrogen) atoms. The lowest BCUT2D eigenvalue weighted by Crippen LogP contribution is -2.26. The third-order valence-electron chi connectivity index (χ3n) is 3.52. The van der Waals surface area contributed by atoms with Gasteiger partial charge in [-0.15, -0.1) is 11.3 Å². The van der Waals surface area contributed by atoms with Crippen LogP contribution in [0.3, 0.4) is 0 Å². The van der Waals surface area contributed by atoms with E-state index < -0.39 is 12.1 Å². The number of benzene rings is 2. The molecular weight excluding hydrogens is 336 g/mol. The Bertz CT molecular complexity index is 849. The number of nitrogen functional groups attached to an aromatic ring is 1. The smallest absolute Gasteiger partial charge is 0.347 e. The van der Waals surface area contributed by atoms with E-state index in [-0.39, 0.29) is 6.61 Å². The van der Waals surface area contributed by atoms with Crippen molar-refractivity contribution in [3.63, 3.8) is 0 Å². The third kappa shape index (κ3) is 4.58. The van der Waals surface area contributed by atoms with Crippen molar-refractivity contribution in [1.29, 1.82) is 0 Å². The molecule has 0 amide bonds. The number of nitrogens with two attached hydrogens (primary N) is 1. The molecule has 0 aliphatic carbocycles. The fourth-order valence-electron chi connectivity index (χ4n) is 2.25. The fourth-order valence-corrected chi connectivity index (χ4v) is 2.82. The normalized spacial score (nSPS) is 11.7. The Kier molecular flexibility index (Phi) is 5.30. The molecular formula is C19H18N2O3S. The summed E-state index contributed by atoms with van der Waals surface area (Å²) in [6.07, 6.45) is -0.709. The Morgan fingerprint density at radius 1 is 1.20 bits per heavy atom. The summed E-state index contributed by atoms with van der Waals surface area (Å²) in [6, 6.07) is 16.9. The summed E-state index contributed by atoms with van der Waals surface area (Å²) in [4.78, 5) is 16.4. The van der Waals surface area contributed by atoms with E-state index in [9.17, 15) is 4.79 Å². The first-order valence-corrected chi connectivity index (χ1v) is 8.68. The number of hydrogen-bond donors (Lipinski definition) is 1. The first kappa shape index (κ1) is 17.0. The number of nitrogens with zero attached hydrogens (tertiary/aromatic N) is 1.